The van der Waals surface area contributed by atoms with Crippen LogP contribution in [0.2, 0.25) is 5.02 Å². The maximum absolute atomic E-state index is 6.13. The van der Waals surface area contributed by atoms with Crippen molar-refractivity contribution in [1.82, 2.24) is 9.80 Å². The molecule has 0 radical (unpaired) electrons. The van der Waals surface area contributed by atoms with E-state index in [1.54, 1.807) is 0 Å². The third-order valence-electron chi connectivity index (χ3n) is 5.48. The molecule has 0 amide bonds. The molecule has 0 unspecified atom stereocenters. The number of nitrogens with zero attached hydrogens (tertiary/aromatic N) is 2. The lowest BCUT2D eigenvalue weighted by Crippen LogP contribution is -2.54. The number of hydrogen-bond acceptors (Lipinski definition) is 2. The first-order valence-electron chi connectivity index (χ1n) is 9.10. The van der Waals surface area contributed by atoms with Gasteiger partial charge < -0.3 is 0 Å². The van der Waals surface area contributed by atoms with Gasteiger partial charge in [-0.05, 0) is 42.5 Å². The first kappa shape index (κ1) is 16.1. The highest BCUT2D eigenvalue weighted by Gasteiger charge is 2.37. The smallest absolute Gasteiger partial charge is 0.0891 e. The standard InChI is InChI=1S/C21H25ClN2/c22-19-11-9-18(10-12-19)21-23(16-17-6-2-1-3-7-17)15-13-20-8-4-5-14-24(20)21/h1-3,6-7,9-12,20-21H,4-5,8,13-16H2/t20-,21+/m0/s1. The molecular formula is C21H25ClN2. The van der Waals surface area contributed by atoms with Crippen LogP contribution in [0, 0.1) is 0 Å². The fourth-order valence-electron chi connectivity index (χ4n) is 4.32. The summed E-state index contributed by atoms with van der Waals surface area (Å²) in [6, 6.07) is 20.1. The topological polar surface area (TPSA) is 6.48 Å². The number of piperidine rings is 1. The first-order valence-corrected chi connectivity index (χ1v) is 9.48. The molecule has 0 N–H and O–H groups in total. The summed E-state index contributed by atoms with van der Waals surface area (Å²) in [6.07, 6.45) is 5.72. The predicted octanol–water partition coefficient (Wildman–Crippen LogP) is 5.10. The van der Waals surface area contributed by atoms with Gasteiger partial charge in [0.1, 0.15) is 0 Å². The Balaban J connectivity index is 1.64. The summed E-state index contributed by atoms with van der Waals surface area (Å²) in [5.74, 6) is 0. The van der Waals surface area contributed by atoms with Crippen molar-refractivity contribution in [2.24, 2.45) is 0 Å². The van der Waals surface area contributed by atoms with Crippen LogP contribution in [0.1, 0.15) is 43.0 Å². The van der Waals surface area contributed by atoms with Crippen molar-refractivity contribution in [2.45, 2.75) is 44.4 Å². The molecule has 4 rings (SSSR count). The molecule has 126 valence electrons. The highest BCUT2D eigenvalue weighted by Crippen LogP contribution is 2.37. The van der Waals surface area contributed by atoms with Gasteiger partial charge >= 0.3 is 0 Å². The van der Waals surface area contributed by atoms with E-state index in [-0.39, 0.29) is 0 Å². The van der Waals surface area contributed by atoms with Gasteiger partial charge in [0.25, 0.3) is 0 Å². The Morgan fingerprint density at radius 3 is 2.46 bits per heavy atom. The van der Waals surface area contributed by atoms with Gasteiger partial charge in [0, 0.05) is 30.7 Å². The molecule has 2 aliphatic rings. The predicted molar refractivity (Wildman–Crippen MR) is 100 cm³/mol. The van der Waals surface area contributed by atoms with E-state index in [1.165, 1.54) is 49.9 Å². The van der Waals surface area contributed by atoms with Crippen LogP contribution in [0.5, 0.6) is 0 Å². The van der Waals surface area contributed by atoms with Crippen LogP contribution >= 0.6 is 11.6 Å². The molecule has 2 fully saturated rings. The zero-order valence-corrected chi connectivity index (χ0v) is 14.8. The van der Waals surface area contributed by atoms with Gasteiger partial charge in [0.05, 0.1) is 6.17 Å². The van der Waals surface area contributed by atoms with E-state index in [4.69, 9.17) is 11.6 Å². The Bertz CT molecular complexity index is 655. The minimum atomic E-state index is 0.376. The molecule has 2 aliphatic heterocycles. The summed E-state index contributed by atoms with van der Waals surface area (Å²) in [4.78, 5) is 5.37. The van der Waals surface area contributed by atoms with Crippen molar-refractivity contribution < 1.29 is 0 Å². The molecule has 0 bridgehead atoms. The number of benzene rings is 2. The fraction of sp³-hybridized carbons (Fsp3) is 0.429. The lowest BCUT2D eigenvalue weighted by atomic mass is 9.93. The molecule has 0 spiro atoms. The zero-order chi connectivity index (χ0) is 16.4. The maximum Gasteiger partial charge on any atom is 0.0891 e. The summed E-state index contributed by atoms with van der Waals surface area (Å²) >= 11 is 6.13. The van der Waals surface area contributed by atoms with Crippen LogP contribution < -0.4 is 0 Å². The highest BCUT2D eigenvalue weighted by molar-refractivity contribution is 6.30. The molecule has 0 saturated carbocycles. The van der Waals surface area contributed by atoms with Crippen LogP contribution in [0.25, 0.3) is 0 Å². The lowest BCUT2D eigenvalue weighted by Gasteiger charge is -2.50. The van der Waals surface area contributed by atoms with Crippen molar-refractivity contribution in [2.75, 3.05) is 13.1 Å². The van der Waals surface area contributed by atoms with Crippen molar-refractivity contribution in [3.05, 3.63) is 70.7 Å². The summed E-state index contributed by atoms with van der Waals surface area (Å²) in [6.45, 7) is 3.39. The Morgan fingerprint density at radius 2 is 1.67 bits per heavy atom. The molecule has 24 heavy (non-hydrogen) atoms. The Labute approximate surface area is 150 Å². The SMILES string of the molecule is Clc1ccc([C@@H]2N(Cc3ccccc3)CC[C@@H]3CCCCN32)cc1. The van der Waals surface area contributed by atoms with Crippen LogP contribution in [-0.4, -0.2) is 28.9 Å². The second-order valence-corrected chi connectivity index (χ2v) is 7.49. The van der Waals surface area contributed by atoms with Crippen LogP contribution in [-0.2, 0) is 6.54 Å². The summed E-state index contributed by atoms with van der Waals surface area (Å²) in [7, 11) is 0. The monoisotopic (exact) mass is 340 g/mol. The van der Waals surface area contributed by atoms with Crippen LogP contribution in [0.15, 0.2) is 54.6 Å². The van der Waals surface area contributed by atoms with E-state index >= 15 is 0 Å². The normalized spacial score (nSPS) is 25.4. The van der Waals surface area contributed by atoms with E-state index in [0.717, 1.165) is 17.6 Å². The number of fused-ring (bicyclic) bond motifs is 1. The van der Waals surface area contributed by atoms with Crippen LogP contribution in [0.4, 0.5) is 0 Å². The molecule has 3 heteroatoms. The largest absolute Gasteiger partial charge is 0.281 e. The molecule has 2 saturated heterocycles. The van der Waals surface area contributed by atoms with Gasteiger partial charge in [0.2, 0.25) is 0 Å². The molecule has 0 aromatic heterocycles. The summed E-state index contributed by atoms with van der Waals surface area (Å²) in [5.41, 5.74) is 2.77. The number of hydrogen-bond donors (Lipinski definition) is 0. The average Bonchev–Trinajstić information content (AvgIpc) is 2.63. The molecular weight excluding hydrogens is 316 g/mol. The number of halogens is 1. The fourth-order valence-corrected chi connectivity index (χ4v) is 4.45. The number of rotatable bonds is 3. The van der Waals surface area contributed by atoms with Gasteiger partial charge in [-0.2, -0.15) is 0 Å². The first-order chi connectivity index (χ1) is 11.8. The minimum absolute atomic E-state index is 0.376. The second-order valence-electron chi connectivity index (χ2n) is 7.06. The van der Waals surface area contributed by atoms with E-state index in [0.29, 0.717) is 6.17 Å². The van der Waals surface area contributed by atoms with Gasteiger partial charge in [0.15, 0.2) is 0 Å². The van der Waals surface area contributed by atoms with E-state index in [9.17, 15) is 0 Å². The Morgan fingerprint density at radius 1 is 0.875 bits per heavy atom. The zero-order valence-electron chi connectivity index (χ0n) is 14.1. The van der Waals surface area contributed by atoms with E-state index in [2.05, 4.69) is 52.3 Å². The Kier molecular flexibility index (Phi) is 4.88. The molecule has 2 nitrogen and oxygen atoms in total. The molecule has 2 heterocycles. The van der Waals surface area contributed by atoms with E-state index < -0.39 is 0 Å². The van der Waals surface area contributed by atoms with Gasteiger partial charge in [-0.15, -0.1) is 0 Å². The molecule has 0 aliphatic carbocycles. The third kappa shape index (κ3) is 3.37. The molecule has 2 atom stereocenters. The van der Waals surface area contributed by atoms with Gasteiger partial charge in [-0.3, -0.25) is 9.80 Å². The van der Waals surface area contributed by atoms with Crippen molar-refractivity contribution in [3.8, 4) is 0 Å². The molecule has 2 aromatic carbocycles. The van der Waals surface area contributed by atoms with Crippen molar-refractivity contribution in [1.29, 1.82) is 0 Å². The van der Waals surface area contributed by atoms with Crippen molar-refractivity contribution >= 4 is 11.6 Å². The maximum atomic E-state index is 6.13. The molecule has 2 aromatic rings. The van der Waals surface area contributed by atoms with Crippen LogP contribution in [0.3, 0.4) is 0 Å². The van der Waals surface area contributed by atoms with E-state index in [1.807, 2.05) is 12.1 Å². The van der Waals surface area contributed by atoms with Gasteiger partial charge in [-0.1, -0.05) is 60.5 Å². The van der Waals surface area contributed by atoms with Gasteiger partial charge in [-0.25, -0.2) is 0 Å². The second kappa shape index (κ2) is 7.26. The van der Waals surface area contributed by atoms with Crippen molar-refractivity contribution in [3.63, 3.8) is 0 Å². The summed E-state index contributed by atoms with van der Waals surface area (Å²) in [5, 5.41) is 0.819. The minimum Gasteiger partial charge on any atom is -0.281 e. The Hall–Kier alpha value is -1.35. The lowest BCUT2D eigenvalue weighted by molar-refractivity contribution is -0.0566. The third-order valence-corrected chi connectivity index (χ3v) is 5.73. The average molecular weight is 341 g/mol. The quantitative estimate of drug-likeness (QED) is 0.767. The summed E-state index contributed by atoms with van der Waals surface area (Å²) < 4.78 is 0. The highest BCUT2D eigenvalue weighted by atomic mass is 35.5.